The molecule has 0 bridgehead atoms. The fourth-order valence-corrected chi connectivity index (χ4v) is 5.37. The molecule has 0 saturated carbocycles. The summed E-state index contributed by atoms with van der Waals surface area (Å²) in [7, 11) is 0. The standard InChI is InChI=1S/C31H31F3O6/c1-30(2,37)13-14-38-20-5-3-18(4-6-20)29-24-10-12-26(23(24)9-11-25(29)31(32,33)34)40-21-7-8-22-19(15-28(35)36)17-39-27(22)16-21/h3-9,11,16,19,26,37H,10,12-15,17H2,1-2H3,(H,35,36)/t19?,26-/m1/s1. The van der Waals surface area contributed by atoms with Gasteiger partial charge < -0.3 is 24.4 Å². The van der Waals surface area contributed by atoms with E-state index in [0.29, 0.717) is 53.2 Å². The van der Waals surface area contributed by atoms with E-state index in [0.717, 1.165) is 11.6 Å². The topological polar surface area (TPSA) is 85.2 Å². The molecule has 3 aromatic rings. The van der Waals surface area contributed by atoms with Gasteiger partial charge >= 0.3 is 12.1 Å². The summed E-state index contributed by atoms with van der Waals surface area (Å²) in [6.45, 7) is 3.93. The number of ether oxygens (including phenoxy) is 3. The number of hydrogen-bond acceptors (Lipinski definition) is 5. The van der Waals surface area contributed by atoms with Crippen molar-refractivity contribution in [2.75, 3.05) is 13.2 Å². The number of benzene rings is 3. The number of carbonyl (C=O) groups is 1. The van der Waals surface area contributed by atoms with Gasteiger partial charge in [-0.25, -0.2) is 0 Å². The predicted molar refractivity (Wildman–Crippen MR) is 142 cm³/mol. The molecule has 1 unspecified atom stereocenters. The van der Waals surface area contributed by atoms with Crippen LogP contribution < -0.4 is 14.2 Å². The van der Waals surface area contributed by atoms with Crippen LogP contribution in [0.25, 0.3) is 11.1 Å². The van der Waals surface area contributed by atoms with Crippen molar-refractivity contribution >= 4 is 5.97 Å². The van der Waals surface area contributed by atoms with E-state index in [2.05, 4.69) is 0 Å². The molecule has 6 nitrogen and oxygen atoms in total. The van der Waals surface area contributed by atoms with Crippen molar-refractivity contribution in [1.82, 2.24) is 0 Å². The first-order valence-electron chi connectivity index (χ1n) is 13.2. The Balaban J connectivity index is 1.39. The molecular formula is C31H31F3O6. The number of alkyl halides is 3. The zero-order chi connectivity index (χ0) is 28.7. The highest BCUT2D eigenvalue weighted by molar-refractivity contribution is 5.75. The van der Waals surface area contributed by atoms with Crippen LogP contribution in [-0.4, -0.2) is 35.0 Å². The van der Waals surface area contributed by atoms with Crippen LogP contribution in [0.15, 0.2) is 54.6 Å². The number of fused-ring (bicyclic) bond motifs is 2. The maximum absolute atomic E-state index is 14.1. The largest absolute Gasteiger partial charge is 0.493 e. The van der Waals surface area contributed by atoms with E-state index in [1.165, 1.54) is 6.07 Å². The van der Waals surface area contributed by atoms with Crippen molar-refractivity contribution in [3.8, 4) is 28.4 Å². The Bertz CT molecular complexity index is 1390. The van der Waals surface area contributed by atoms with Gasteiger partial charge in [-0.15, -0.1) is 0 Å². The van der Waals surface area contributed by atoms with Crippen molar-refractivity contribution in [2.45, 2.75) is 63.3 Å². The van der Waals surface area contributed by atoms with Crippen LogP contribution in [0, 0.1) is 0 Å². The Hall–Kier alpha value is -3.72. The van der Waals surface area contributed by atoms with E-state index >= 15 is 0 Å². The van der Waals surface area contributed by atoms with E-state index in [4.69, 9.17) is 19.3 Å². The van der Waals surface area contributed by atoms with Gasteiger partial charge in [0, 0.05) is 24.0 Å². The van der Waals surface area contributed by atoms with Crippen LogP contribution in [0.5, 0.6) is 17.2 Å². The first-order chi connectivity index (χ1) is 18.9. The lowest BCUT2D eigenvalue weighted by Gasteiger charge is -2.20. The number of rotatable bonds is 9. The summed E-state index contributed by atoms with van der Waals surface area (Å²) < 4.78 is 59.9. The highest BCUT2D eigenvalue weighted by atomic mass is 19.4. The third kappa shape index (κ3) is 6.04. The lowest BCUT2D eigenvalue weighted by molar-refractivity contribution is -0.138. The first-order valence-corrected chi connectivity index (χ1v) is 13.2. The molecule has 9 heteroatoms. The first kappa shape index (κ1) is 27.8. The smallest absolute Gasteiger partial charge is 0.417 e. The molecule has 1 aliphatic heterocycles. The van der Waals surface area contributed by atoms with Gasteiger partial charge in [0.15, 0.2) is 0 Å². The molecule has 0 radical (unpaired) electrons. The molecule has 2 aliphatic rings. The quantitative estimate of drug-likeness (QED) is 0.297. The Morgan fingerprint density at radius 3 is 2.40 bits per heavy atom. The zero-order valence-electron chi connectivity index (χ0n) is 22.3. The lowest BCUT2D eigenvalue weighted by Crippen LogP contribution is -2.21. The molecule has 0 aromatic heterocycles. The lowest BCUT2D eigenvalue weighted by atomic mass is 9.91. The molecule has 1 heterocycles. The maximum atomic E-state index is 14.1. The molecular weight excluding hydrogens is 525 g/mol. The van der Waals surface area contributed by atoms with Crippen LogP contribution in [0.3, 0.4) is 0 Å². The van der Waals surface area contributed by atoms with E-state index in [1.807, 2.05) is 0 Å². The van der Waals surface area contributed by atoms with Gasteiger partial charge in [0.1, 0.15) is 23.4 Å². The van der Waals surface area contributed by atoms with E-state index in [9.17, 15) is 23.1 Å². The minimum absolute atomic E-state index is 0.0263. The number of hydrogen-bond donors (Lipinski definition) is 2. The second-order valence-corrected chi connectivity index (χ2v) is 10.9. The van der Waals surface area contributed by atoms with Gasteiger partial charge in [0.2, 0.25) is 0 Å². The SMILES string of the molecule is CC(C)(O)CCOc1ccc(-c2c(C(F)(F)F)ccc3c2CC[C@H]3Oc2ccc3c(c2)OCC3CC(=O)O)cc1. The average molecular weight is 557 g/mol. The summed E-state index contributed by atoms with van der Waals surface area (Å²) in [5.74, 6) is 0.475. The molecule has 2 N–H and O–H groups in total. The van der Waals surface area contributed by atoms with E-state index in [-0.39, 0.29) is 31.1 Å². The average Bonchev–Trinajstić information content (AvgIpc) is 3.46. The summed E-state index contributed by atoms with van der Waals surface area (Å²) in [5, 5.41) is 19.0. The molecule has 0 saturated heterocycles. The van der Waals surface area contributed by atoms with Crippen LogP contribution in [0.4, 0.5) is 13.2 Å². The second kappa shape index (κ2) is 10.7. The summed E-state index contributed by atoms with van der Waals surface area (Å²) in [6, 6.07) is 14.4. The molecule has 2 atom stereocenters. The van der Waals surface area contributed by atoms with Crippen LogP contribution in [0.1, 0.15) is 67.4 Å². The molecule has 5 rings (SSSR count). The van der Waals surface area contributed by atoms with Crippen molar-refractivity contribution in [3.05, 3.63) is 76.9 Å². The Morgan fingerprint density at radius 1 is 1.02 bits per heavy atom. The number of aliphatic hydroxyl groups is 1. The summed E-state index contributed by atoms with van der Waals surface area (Å²) in [5.41, 5.74) is 1.14. The Kier molecular flexibility index (Phi) is 7.44. The fraction of sp³-hybridized carbons (Fsp3) is 0.387. The van der Waals surface area contributed by atoms with E-state index in [1.54, 1.807) is 56.3 Å². The van der Waals surface area contributed by atoms with Gasteiger partial charge in [0.05, 0.1) is 30.8 Å². The van der Waals surface area contributed by atoms with Gasteiger partial charge in [-0.1, -0.05) is 24.3 Å². The molecule has 212 valence electrons. The van der Waals surface area contributed by atoms with Gasteiger partial charge in [-0.2, -0.15) is 13.2 Å². The fourth-order valence-electron chi connectivity index (χ4n) is 5.37. The number of carboxylic acids is 1. The normalized spacial score (nSPS) is 18.1. The molecule has 0 amide bonds. The predicted octanol–water partition coefficient (Wildman–Crippen LogP) is 6.93. The van der Waals surface area contributed by atoms with Crippen molar-refractivity contribution in [3.63, 3.8) is 0 Å². The third-order valence-electron chi connectivity index (χ3n) is 7.35. The van der Waals surface area contributed by atoms with Gasteiger partial charge in [0.25, 0.3) is 0 Å². The molecule has 40 heavy (non-hydrogen) atoms. The van der Waals surface area contributed by atoms with Crippen molar-refractivity contribution in [1.29, 1.82) is 0 Å². The van der Waals surface area contributed by atoms with Crippen LogP contribution in [-0.2, 0) is 17.4 Å². The number of aliphatic carboxylic acids is 1. The van der Waals surface area contributed by atoms with Crippen molar-refractivity contribution < 1.29 is 42.4 Å². The monoisotopic (exact) mass is 556 g/mol. The molecule has 1 aliphatic carbocycles. The highest BCUT2D eigenvalue weighted by Gasteiger charge is 2.38. The number of carboxylic acid groups (broad SMARTS) is 1. The summed E-state index contributed by atoms with van der Waals surface area (Å²) in [4.78, 5) is 11.1. The van der Waals surface area contributed by atoms with Gasteiger partial charge in [-0.3, -0.25) is 4.79 Å². The summed E-state index contributed by atoms with van der Waals surface area (Å²) >= 11 is 0. The summed E-state index contributed by atoms with van der Waals surface area (Å²) in [6.07, 6.45) is -3.64. The molecule has 0 fully saturated rings. The van der Waals surface area contributed by atoms with Crippen LogP contribution in [0.2, 0.25) is 0 Å². The third-order valence-corrected chi connectivity index (χ3v) is 7.35. The van der Waals surface area contributed by atoms with E-state index < -0.39 is 29.4 Å². The maximum Gasteiger partial charge on any atom is 0.417 e. The number of halogens is 3. The van der Waals surface area contributed by atoms with Gasteiger partial charge in [-0.05, 0) is 73.2 Å². The Labute approximate surface area is 230 Å². The van der Waals surface area contributed by atoms with Crippen molar-refractivity contribution in [2.24, 2.45) is 0 Å². The minimum atomic E-state index is -4.53. The minimum Gasteiger partial charge on any atom is -0.493 e. The Morgan fingerprint density at radius 2 is 1.73 bits per heavy atom. The molecule has 0 spiro atoms. The van der Waals surface area contributed by atoms with Crippen LogP contribution >= 0.6 is 0 Å². The zero-order valence-corrected chi connectivity index (χ0v) is 22.3. The molecule has 3 aromatic carbocycles. The second-order valence-electron chi connectivity index (χ2n) is 10.9. The highest BCUT2D eigenvalue weighted by Crippen LogP contribution is 2.47.